The maximum absolute atomic E-state index is 11.5. The van der Waals surface area contributed by atoms with Crippen LogP contribution in [0.2, 0.25) is 10.0 Å². The number of benzene rings is 2. The summed E-state index contributed by atoms with van der Waals surface area (Å²) >= 11 is 14.1. The minimum absolute atomic E-state index is 0.0858. The summed E-state index contributed by atoms with van der Waals surface area (Å²) in [5.74, 6) is 0.917. The number of methoxy groups -OCH3 is 2. The van der Waals surface area contributed by atoms with E-state index in [1.54, 1.807) is 26.6 Å². The summed E-state index contributed by atoms with van der Waals surface area (Å²) in [7, 11) is 3.15. The molecular weight excluding hydrogens is 637 g/mol. The molecule has 1 saturated heterocycles. The quantitative estimate of drug-likeness (QED) is 0.165. The number of aromatic nitrogens is 5. The number of rotatable bonds is 11. The van der Waals surface area contributed by atoms with Crippen molar-refractivity contribution in [3.63, 3.8) is 0 Å². The van der Waals surface area contributed by atoms with Gasteiger partial charge in [0, 0.05) is 59.2 Å². The lowest BCUT2D eigenvalue weighted by molar-refractivity contribution is -0.119. The van der Waals surface area contributed by atoms with Crippen LogP contribution in [0, 0.1) is 13.8 Å². The summed E-state index contributed by atoms with van der Waals surface area (Å²) < 4.78 is 13.4. The fraction of sp³-hybridized carbons (Fsp3) is 0.286. The molecule has 0 aliphatic carbocycles. The van der Waals surface area contributed by atoms with Crippen molar-refractivity contribution in [2.45, 2.75) is 45.8 Å². The van der Waals surface area contributed by atoms with Gasteiger partial charge in [-0.15, -0.1) is 0 Å². The van der Waals surface area contributed by atoms with E-state index in [9.17, 15) is 4.79 Å². The van der Waals surface area contributed by atoms with Crippen molar-refractivity contribution >= 4 is 29.1 Å². The van der Waals surface area contributed by atoms with Gasteiger partial charge < -0.3 is 24.7 Å². The number of hydrogen-bond donors (Lipinski definition) is 2. The standard InChI is InChI=1S/C35H35Cl2N7O3/c1-20-11-12-21(2)44(20)19-30-35(47-4)43-28(18-40-30)26-10-6-8-24(33(26)37)23-7-5-9-25(32(23)36)27-17-39-29(34(42-27)46-3)16-38-15-22-13-14-31(45)41-22/h5-12,17-18,22,38H,13-16,19H2,1-4H3,(H,41,45). The lowest BCUT2D eigenvalue weighted by Gasteiger charge is -2.16. The molecule has 6 rings (SSSR count). The third kappa shape index (κ3) is 6.81. The Morgan fingerprint density at radius 2 is 1.36 bits per heavy atom. The zero-order chi connectivity index (χ0) is 33.1. The first-order chi connectivity index (χ1) is 22.8. The first-order valence-corrected chi connectivity index (χ1v) is 16.0. The van der Waals surface area contributed by atoms with E-state index in [1.807, 2.05) is 36.4 Å². The predicted molar refractivity (Wildman–Crippen MR) is 183 cm³/mol. The van der Waals surface area contributed by atoms with Crippen molar-refractivity contribution in [3.8, 4) is 45.4 Å². The van der Waals surface area contributed by atoms with Crippen molar-refractivity contribution in [1.29, 1.82) is 0 Å². The van der Waals surface area contributed by atoms with Gasteiger partial charge in [0.2, 0.25) is 17.7 Å². The van der Waals surface area contributed by atoms with Crippen LogP contribution in [0.1, 0.15) is 35.6 Å². The number of carbonyl (C=O) groups is 1. The number of nitrogens with zero attached hydrogens (tertiary/aromatic N) is 5. The smallest absolute Gasteiger partial charge is 0.237 e. The van der Waals surface area contributed by atoms with E-state index in [0.29, 0.717) is 76.1 Å². The van der Waals surface area contributed by atoms with E-state index in [1.165, 1.54) is 0 Å². The predicted octanol–water partition coefficient (Wildman–Crippen LogP) is 6.43. The van der Waals surface area contributed by atoms with Gasteiger partial charge in [-0.25, -0.2) is 9.97 Å². The highest BCUT2D eigenvalue weighted by Gasteiger charge is 2.22. The molecule has 2 N–H and O–H groups in total. The highest BCUT2D eigenvalue weighted by Crippen LogP contribution is 2.42. The van der Waals surface area contributed by atoms with Gasteiger partial charge in [0.1, 0.15) is 11.4 Å². The van der Waals surface area contributed by atoms with E-state index in [-0.39, 0.29) is 11.9 Å². The number of aryl methyl sites for hydroxylation is 2. The van der Waals surface area contributed by atoms with Crippen molar-refractivity contribution in [3.05, 3.63) is 93.7 Å². The summed E-state index contributed by atoms with van der Waals surface area (Å²) in [4.78, 5) is 30.3. The van der Waals surface area contributed by atoms with Gasteiger partial charge in [-0.1, -0.05) is 59.6 Å². The molecule has 0 spiro atoms. The summed E-state index contributed by atoms with van der Waals surface area (Å²) in [6, 6.07) is 15.7. The monoisotopic (exact) mass is 671 g/mol. The van der Waals surface area contributed by atoms with Crippen LogP contribution in [-0.4, -0.2) is 57.2 Å². The lowest BCUT2D eigenvalue weighted by atomic mass is 9.98. The van der Waals surface area contributed by atoms with Crippen LogP contribution >= 0.6 is 23.2 Å². The average molecular weight is 673 g/mol. The van der Waals surface area contributed by atoms with Gasteiger partial charge in [0.25, 0.3) is 0 Å². The van der Waals surface area contributed by atoms with Crippen LogP contribution < -0.4 is 20.1 Å². The van der Waals surface area contributed by atoms with Crippen LogP contribution in [0.15, 0.2) is 60.9 Å². The Bertz CT molecular complexity index is 1930. The average Bonchev–Trinajstić information content (AvgIpc) is 3.64. The van der Waals surface area contributed by atoms with Crippen molar-refractivity contribution in [2.75, 3.05) is 20.8 Å². The first-order valence-electron chi connectivity index (χ1n) is 15.3. The molecule has 47 heavy (non-hydrogen) atoms. The molecular formula is C35H35Cl2N7O3. The fourth-order valence-electron chi connectivity index (χ4n) is 5.78. The molecule has 5 aromatic rings. The molecule has 12 heteroatoms. The number of hydrogen-bond acceptors (Lipinski definition) is 8. The van der Waals surface area contributed by atoms with Gasteiger partial charge in [-0.2, -0.15) is 0 Å². The van der Waals surface area contributed by atoms with Crippen molar-refractivity contribution in [1.82, 2.24) is 35.1 Å². The van der Waals surface area contributed by atoms with Gasteiger partial charge >= 0.3 is 0 Å². The van der Waals surface area contributed by atoms with Gasteiger partial charge in [0.05, 0.1) is 54.6 Å². The molecule has 4 heterocycles. The Balaban J connectivity index is 1.27. The molecule has 1 aliphatic heterocycles. The molecule has 1 unspecified atom stereocenters. The molecule has 1 atom stereocenters. The molecule has 1 amide bonds. The Morgan fingerprint density at radius 3 is 1.89 bits per heavy atom. The Hall–Kier alpha value is -4.51. The van der Waals surface area contributed by atoms with E-state index >= 15 is 0 Å². The zero-order valence-corrected chi connectivity index (χ0v) is 28.1. The first kappa shape index (κ1) is 32.4. The minimum Gasteiger partial charge on any atom is -0.480 e. The van der Waals surface area contributed by atoms with Crippen molar-refractivity contribution < 1.29 is 14.3 Å². The molecule has 10 nitrogen and oxygen atoms in total. The maximum Gasteiger partial charge on any atom is 0.237 e. The van der Waals surface area contributed by atoms with Crippen LogP contribution in [-0.2, 0) is 17.9 Å². The second-order valence-electron chi connectivity index (χ2n) is 11.4. The van der Waals surface area contributed by atoms with E-state index in [4.69, 9.17) is 47.6 Å². The Kier molecular flexibility index (Phi) is 9.72. The third-order valence-electron chi connectivity index (χ3n) is 8.34. The second kappa shape index (κ2) is 14.1. The Labute approximate surface area is 283 Å². The molecule has 242 valence electrons. The minimum atomic E-state index is 0.0858. The van der Waals surface area contributed by atoms with Crippen LogP contribution in [0.3, 0.4) is 0 Å². The lowest BCUT2D eigenvalue weighted by Crippen LogP contribution is -2.35. The second-order valence-corrected chi connectivity index (χ2v) is 12.1. The molecule has 0 radical (unpaired) electrons. The molecule has 3 aromatic heterocycles. The topological polar surface area (TPSA) is 116 Å². The summed E-state index contributed by atoms with van der Waals surface area (Å²) in [5.41, 5.74) is 7.65. The molecule has 0 bridgehead atoms. The molecule has 0 saturated carbocycles. The van der Waals surface area contributed by atoms with Crippen LogP contribution in [0.4, 0.5) is 0 Å². The number of halogens is 2. The van der Waals surface area contributed by atoms with Crippen LogP contribution in [0.25, 0.3) is 33.6 Å². The third-order valence-corrected chi connectivity index (χ3v) is 9.16. The van der Waals surface area contributed by atoms with Gasteiger partial charge in [-0.05, 0) is 32.4 Å². The maximum atomic E-state index is 11.5. The number of carbonyl (C=O) groups excluding carboxylic acids is 1. The molecule has 2 aromatic carbocycles. The van der Waals surface area contributed by atoms with Gasteiger partial charge in [-0.3, -0.25) is 14.8 Å². The highest BCUT2D eigenvalue weighted by molar-refractivity contribution is 6.39. The summed E-state index contributed by atoms with van der Waals surface area (Å²) in [5, 5.41) is 7.24. The summed E-state index contributed by atoms with van der Waals surface area (Å²) in [6.45, 7) is 5.75. The highest BCUT2D eigenvalue weighted by atomic mass is 35.5. The van der Waals surface area contributed by atoms with Crippen LogP contribution in [0.5, 0.6) is 11.8 Å². The fourth-order valence-corrected chi connectivity index (χ4v) is 6.43. The number of amides is 1. The van der Waals surface area contributed by atoms with Crippen molar-refractivity contribution in [2.24, 2.45) is 0 Å². The van der Waals surface area contributed by atoms with E-state index in [2.05, 4.69) is 46.2 Å². The summed E-state index contributed by atoms with van der Waals surface area (Å²) in [6.07, 6.45) is 4.78. The molecule has 1 aliphatic rings. The Morgan fingerprint density at radius 1 is 0.830 bits per heavy atom. The number of nitrogens with one attached hydrogen (secondary N) is 2. The SMILES string of the molecule is COc1nc(-c2cccc(-c3cccc(-c4cnc(Cn5c(C)ccc5C)c(OC)n4)c3Cl)c2Cl)cnc1CNCC1CCC(=O)N1. The normalized spacial score (nSPS) is 14.3. The van der Waals surface area contributed by atoms with Gasteiger partial charge in [0.15, 0.2) is 0 Å². The van der Waals surface area contributed by atoms with E-state index < -0.39 is 0 Å². The largest absolute Gasteiger partial charge is 0.480 e. The molecule has 1 fully saturated rings. The number of ether oxygens (including phenoxy) is 2. The van der Waals surface area contributed by atoms with E-state index in [0.717, 1.165) is 34.6 Å². The zero-order valence-electron chi connectivity index (χ0n) is 26.6.